The van der Waals surface area contributed by atoms with Crippen LogP contribution in [0.5, 0.6) is 0 Å². The molecule has 1 aromatic carbocycles. The smallest absolute Gasteiger partial charge is 0.270 e. The van der Waals surface area contributed by atoms with Gasteiger partial charge in [0.1, 0.15) is 0 Å². The van der Waals surface area contributed by atoms with Gasteiger partial charge >= 0.3 is 0 Å². The summed E-state index contributed by atoms with van der Waals surface area (Å²) >= 11 is 0. The van der Waals surface area contributed by atoms with Crippen LogP contribution in [0.15, 0.2) is 29.2 Å². The molecule has 0 bridgehead atoms. The van der Waals surface area contributed by atoms with E-state index in [2.05, 4.69) is 4.72 Å². The number of rotatable bonds is 5. The van der Waals surface area contributed by atoms with Gasteiger partial charge in [0.15, 0.2) is 0 Å². The second-order valence-corrected chi connectivity index (χ2v) is 7.24. The first-order valence-electron chi connectivity index (χ1n) is 6.05. The Kier molecular flexibility index (Phi) is 4.85. The molecule has 0 heterocycles. The molecule has 0 fully saturated rings. The molecule has 0 saturated carbocycles. The summed E-state index contributed by atoms with van der Waals surface area (Å²) in [6.45, 7) is 5.72. The summed E-state index contributed by atoms with van der Waals surface area (Å²) in [5, 5.41) is 10.7. The number of nitrogens with two attached hydrogens (primary N) is 1. The van der Waals surface area contributed by atoms with E-state index in [-0.39, 0.29) is 22.5 Å². The van der Waals surface area contributed by atoms with E-state index < -0.39 is 21.0 Å². The maximum atomic E-state index is 12.2. The average Bonchev–Trinajstić information content (AvgIpc) is 2.34. The normalized spacial score (nSPS) is 14.0. The van der Waals surface area contributed by atoms with Gasteiger partial charge in [0, 0.05) is 24.7 Å². The maximum absolute atomic E-state index is 12.2. The summed E-state index contributed by atoms with van der Waals surface area (Å²) in [7, 11) is -3.85. The van der Waals surface area contributed by atoms with Crippen molar-refractivity contribution in [2.45, 2.75) is 31.7 Å². The second-order valence-electron chi connectivity index (χ2n) is 5.53. The number of nitro groups is 1. The Labute approximate surface area is 118 Å². The van der Waals surface area contributed by atoms with Gasteiger partial charge in [-0.3, -0.25) is 10.1 Å². The molecule has 7 nitrogen and oxygen atoms in total. The van der Waals surface area contributed by atoms with Crippen LogP contribution < -0.4 is 10.5 Å². The number of hydrogen-bond donors (Lipinski definition) is 2. The SMILES string of the molecule is CC(C)(C)C(CN)NS(=O)(=O)c1cccc([N+](=O)[O-])c1. The highest BCUT2D eigenvalue weighted by Gasteiger charge is 2.29. The first-order chi connectivity index (χ1) is 9.08. The minimum atomic E-state index is -3.85. The highest BCUT2D eigenvalue weighted by Crippen LogP contribution is 2.22. The lowest BCUT2D eigenvalue weighted by Crippen LogP contribution is -2.48. The van der Waals surface area contributed by atoms with Gasteiger partial charge in [-0.25, -0.2) is 13.1 Å². The minimum Gasteiger partial charge on any atom is -0.329 e. The van der Waals surface area contributed by atoms with Gasteiger partial charge in [-0.1, -0.05) is 26.8 Å². The molecular formula is C12H19N3O4S. The van der Waals surface area contributed by atoms with E-state index in [0.717, 1.165) is 6.07 Å². The van der Waals surface area contributed by atoms with Crippen molar-refractivity contribution in [3.63, 3.8) is 0 Å². The van der Waals surface area contributed by atoms with Crippen LogP contribution in [0.4, 0.5) is 5.69 Å². The number of nitrogens with one attached hydrogen (secondary N) is 1. The number of non-ortho nitro benzene ring substituents is 1. The first kappa shape index (κ1) is 16.5. The van der Waals surface area contributed by atoms with Crippen molar-refractivity contribution in [1.82, 2.24) is 4.72 Å². The van der Waals surface area contributed by atoms with E-state index in [1.165, 1.54) is 18.2 Å². The molecule has 20 heavy (non-hydrogen) atoms. The van der Waals surface area contributed by atoms with Gasteiger partial charge in [0.05, 0.1) is 9.82 Å². The zero-order valence-electron chi connectivity index (χ0n) is 11.7. The molecule has 0 aromatic heterocycles. The summed E-state index contributed by atoms with van der Waals surface area (Å²) in [6.07, 6.45) is 0. The first-order valence-corrected chi connectivity index (χ1v) is 7.53. The Morgan fingerprint density at radius 1 is 1.40 bits per heavy atom. The van der Waals surface area contributed by atoms with E-state index in [1.807, 2.05) is 20.8 Å². The van der Waals surface area contributed by atoms with Crippen molar-refractivity contribution in [1.29, 1.82) is 0 Å². The van der Waals surface area contributed by atoms with Gasteiger partial charge in [0.25, 0.3) is 5.69 Å². The number of sulfonamides is 1. The zero-order valence-corrected chi connectivity index (χ0v) is 12.5. The minimum absolute atomic E-state index is 0.137. The van der Waals surface area contributed by atoms with E-state index in [9.17, 15) is 18.5 Å². The van der Waals surface area contributed by atoms with E-state index >= 15 is 0 Å². The van der Waals surface area contributed by atoms with Gasteiger partial charge in [0.2, 0.25) is 10.0 Å². The van der Waals surface area contributed by atoms with Crippen LogP contribution in [0.25, 0.3) is 0 Å². The molecule has 0 radical (unpaired) electrons. The Bertz CT molecular complexity index is 593. The van der Waals surface area contributed by atoms with E-state index in [0.29, 0.717) is 0 Å². The fraction of sp³-hybridized carbons (Fsp3) is 0.500. The highest BCUT2D eigenvalue weighted by molar-refractivity contribution is 7.89. The van der Waals surface area contributed by atoms with Crippen LogP contribution in [0.2, 0.25) is 0 Å². The summed E-state index contributed by atoms with van der Waals surface area (Å²) in [4.78, 5) is 9.91. The molecule has 0 aliphatic carbocycles. The lowest BCUT2D eigenvalue weighted by atomic mass is 9.88. The fourth-order valence-corrected chi connectivity index (χ4v) is 3.09. The predicted molar refractivity (Wildman–Crippen MR) is 75.7 cm³/mol. The third-order valence-corrected chi connectivity index (χ3v) is 4.39. The van der Waals surface area contributed by atoms with E-state index in [4.69, 9.17) is 5.73 Å². The van der Waals surface area contributed by atoms with Gasteiger partial charge in [-0.15, -0.1) is 0 Å². The Hall–Kier alpha value is -1.51. The third kappa shape index (κ3) is 3.99. The largest absolute Gasteiger partial charge is 0.329 e. The van der Waals surface area contributed by atoms with Gasteiger partial charge in [-0.2, -0.15) is 0 Å². The topological polar surface area (TPSA) is 115 Å². The quantitative estimate of drug-likeness (QED) is 0.627. The monoisotopic (exact) mass is 301 g/mol. The number of hydrogen-bond acceptors (Lipinski definition) is 5. The zero-order chi connectivity index (χ0) is 15.6. The molecule has 0 aliphatic heterocycles. The lowest BCUT2D eigenvalue weighted by molar-refractivity contribution is -0.385. The summed E-state index contributed by atoms with van der Waals surface area (Å²) in [6, 6.07) is 4.45. The molecule has 0 spiro atoms. The molecule has 0 amide bonds. The molecule has 0 aliphatic rings. The third-order valence-electron chi connectivity index (χ3n) is 2.92. The number of nitro benzene ring substituents is 1. The number of benzene rings is 1. The van der Waals surface area contributed by atoms with Crippen molar-refractivity contribution in [3.05, 3.63) is 34.4 Å². The standard InChI is InChI=1S/C12H19N3O4S/c1-12(2,3)11(8-13)14-20(18,19)10-6-4-5-9(7-10)15(16)17/h4-7,11,14H,8,13H2,1-3H3. The lowest BCUT2D eigenvalue weighted by Gasteiger charge is -2.30. The van der Waals surface area contributed by atoms with Crippen LogP contribution in [0, 0.1) is 15.5 Å². The molecule has 1 atom stereocenters. The predicted octanol–water partition coefficient (Wildman–Crippen LogP) is 1.25. The van der Waals surface area contributed by atoms with Crippen LogP contribution in [0.1, 0.15) is 20.8 Å². The van der Waals surface area contributed by atoms with Crippen LogP contribution >= 0.6 is 0 Å². The Balaban J connectivity index is 3.11. The molecule has 3 N–H and O–H groups in total. The number of nitrogens with zero attached hydrogens (tertiary/aromatic N) is 1. The summed E-state index contributed by atoms with van der Waals surface area (Å²) < 4.78 is 27.0. The van der Waals surface area contributed by atoms with Crippen molar-refractivity contribution in [3.8, 4) is 0 Å². The molecule has 1 aromatic rings. The molecule has 1 unspecified atom stereocenters. The summed E-state index contributed by atoms with van der Waals surface area (Å²) in [5.41, 5.74) is 4.96. The molecular weight excluding hydrogens is 282 g/mol. The van der Waals surface area contributed by atoms with Crippen LogP contribution in [-0.4, -0.2) is 25.9 Å². The maximum Gasteiger partial charge on any atom is 0.270 e. The van der Waals surface area contributed by atoms with Crippen LogP contribution in [-0.2, 0) is 10.0 Å². The van der Waals surface area contributed by atoms with Crippen molar-refractivity contribution >= 4 is 15.7 Å². The van der Waals surface area contributed by atoms with E-state index in [1.54, 1.807) is 0 Å². The average molecular weight is 301 g/mol. The molecule has 8 heteroatoms. The van der Waals surface area contributed by atoms with Crippen LogP contribution in [0.3, 0.4) is 0 Å². The second kappa shape index (κ2) is 5.86. The molecule has 112 valence electrons. The molecule has 0 saturated heterocycles. The van der Waals surface area contributed by atoms with Crippen molar-refractivity contribution in [2.75, 3.05) is 6.54 Å². The van der Waals surface area contributed by atoms with Crippen molar-refractivity contribution < 1.29 is 13.3 Å². The van der Waals surface area contributed by atoms with Crippen molar-refractivity contribution in [2.24, 2.45) is 11.1 Å². The van der Waals surface area contributed by atoms with Gasteiger partial charge < -0.3 is 5.73 Å². The Morgan fingerprint density at radius 3 is 2.45 bits per heavy atom. The Morgan fingerprint density at radius 2 is 2.00 bits per heavy atom. The highest BCUT2D eigenvalue weighted by atomic mass is 32.2. The molecule has 1 rings (SSSR count). The van der Waals surface area contributed by atoms with Gasteiger partial charge in [-0.05, 0) is 11.5 Å². The summed E-state index contributed by atoms with van der Waals surface area (Å²) in [5.74, 6) is 0. The fourth-order valence-electron chi connectivity index (χ4n) is 1.60.